The van der Waals surface area contributed by atoms with Crippen LogP contribution < -0.4 is 9.64 Å². The Morgan fingerprint density at radius 3 is 2.73 bits per heavy atom. The van der Waals surface area contributed by atoms with Crippen LogP contribution in [0.25, 0.3) is 0 Å². The Hall–Kier alpha value is -2.21. The molecule has 30 heavy (non-hydrogen) atoms. The second-order valence-corrected chi connectivity index (χ2v) is 9.17. The first-order chi connectivity index (χ1) is 14.8. The summed E-state index contributed by atoms with van der Waals surface area (Å²) >= 11 is 1.88. The molecule has 5 rings (SSSR count). The van der Waals surface area contributed by atoms with E-state index in [1.807, 2.05) is 24.0 Å². The van der Waals surface area contributed by atoms with Crippen molar-refractivity contribution in [2.75, 3.05) is 30.3 Å². The number of aliphatic imine (C=N–C) groups is 1. The molecule has 2 fully saturated rings. The molecule has 0 N–H and O–H groups in total. The number of rotatable bonds is 6. The Labute approximate surface area is 183 Å². The number of hydrogen-bond donors (Lipinski definition) is 0. The van der Waals surface area contributed by atoms with E-state index in [1.165, 1.54) is 24.1 Å². The zero-order chi connectivity index (χ0) is 20.5. The van der Waals surface area contributed by atoms with E-state index in [2.05, 4.69) is 59.0 Å². The van der Waals surface area contributed by atoms with E-state index in [-0.39, 0.29) is 12.1 Å². The molecule has 0 bridgehead atoms. The largest absolute Gasteiger partial charge is 0.493 e. The molecule has 0 amide bonds. The Morgan fingerprint density at radius 1 is 1.13 bits per heavy atom. The molecule has 1 aromatic carbocycles. The van der Waals surface area contributed by atoms with E-state index < -0.39 is 0 Å². The van der Waals surface area contributed by atoms with Gasteiger partial charge in [0.25, 0.3) is 0 Å². The molecule has 5 nitrogen and oxygen atoms in total. The van der Waals surface area contributed by atoms with Crippen molar-refractivity contribution in [1.29, 1.82) is 0 Å². The van der Waals surface area contributed by atoms with Crippen LogP contribution in [0.2, 0.25) is 0 Å². The standard InChI is InChI=1S/C24H30N4OS/c1-3-17-16-30-24-26-22(20-9-5-6-12-25-20)23(28(17)24)19-11-10-18(15-21(19)29-4-2)27-13-7-8-14-27/h5-6,9-12,15,17,22-23H,3-4,7-8,13-14,16H2,1-2H3/t17-,22-,23-/m1/s1. The highest BCUT2D eigenvalue weighted by atomic mass is 32.2. The van der Waals surface area contributed by atoms with Crippen LogP contribution in [0.15, 0.2) is 47.6 Å². The maximum Gasteiger partial charge on any atom is 0.160 e. The number of ether oxygens (including phenoxy) is 1. The van der Waals surface area contributed by atoms with Gasteiger partial charge in [-0.15, -0.1) is 0 Å². The molecule has 2 aromatic rings. The minimum absolute atomic E-state index is 0.0000993. The van der Waals surface area contributed by atoms with Gasteiger partial charge in [0, 0.05) is 48.4 Å². The lowest BCUT2D eigenvalue weighted by Crippen LogP contribution is -2.35. The molecule has 1 aromatic heterocycles. The topological polar surface area (TPSA) is 41.0 Å². The Kier molecular flexibility index (Phi) is 5.59. The number of fused-ring (bicyclic) bond motifs is 1. The van der Waals surface area contributed by atoms with Crippen molar-refractivity contribution < 1.29 is 4.74 Å². The van der Waals surface area contributed by atoms with Gasteiger partial charge in [0.15, 0.2) is 5.17 Å². The number of hydrogen-bond acceptors (Lipinski definition) is 6. The quantitative estimate of drug-likeness (QED) is 0.651. The van der Waals surface area contributed by atoms with E-state index in [0.29, 0.717) is 12.6 Å². The molecule has 0 radical (unpaired) electrons. The molecule has 6 heteroatoms. The van der Waals surface area contributed by atoms with Gasteiger partial charge >= 0.3 is 0 Å². The fourth-order valence-electron chi connectivity index (χ4n) is 4.91. The minimum Gasteiger partial charge on any atom is -0.493 e. The first kappa shape index (κ1) is 19.7. The van der Waals surface area contributed by atoms with Crippen LogP contribution in [0.3, 0.4) is 0 Å². The molecule has 0 saturated carbocycles. The van der Waals surface area contributed by atoms with Crippen molar-refractivity contribution in [1.82, 2.24) is 9.88 Å². The second-order valence-electron chi connectivity index (χ2n) is 8.19. The normalized spacial score (nSPS) is 25.5. The highest BCUT2D eigenvalue weighted by Crippen LogP contribution is 2.51. The molecular formula is C24H30N4OS. The molecule has 2 saturated heterocycles. The summed E-state index contributed by atoms with van der Waals surface area (Å²) in [5.74, 6) is 2.10. The van der Waals surface area contributed by atoms with Gasteiger partial charge in [0.1, 0.15) is 11.8 Å². The highest BCUT2D eigenvalue weighted by Gasteiger charge is 2.46. The maximum atomic E-state index is 6.22. The monoisotopic (exact) mass is 422 g/mol. The van der Waals surface area contributed by atoms with Crippen LogP contribution in [0.5, 0.6) is 5.75 Å². The lowest BCUT2D eigenvalue weighted by molar-refractivity contribution is 0.245. The Morgan fingerprint density at radius 2 is 2.00 bits per heavy atom. The SMILES string of the molecule is CCOc1cc(N2CCCC2)ccc1[C@@H]1[C@@H](c2ccccn2)N=C2SC[C@@H](CC)N21. The summed E-state index contributed by atoms with van der Waals surface area (Å²) in [4.78, 5) is 14.8. The summed E-state index contributed by atoms with van der Waals surface area (Å²) in [5, 5.41) is 1.16. The van der Waals surface area contributed by atoms with Gasteiger partial charge in [0.2, 0.25) is 0 Å². The van der Waals surface area contributed by atoms with E-state index in [9.17, 15) is 0 Å². The van der Waals surface area contributed by atoms with Gasteiger partial charge < -0.3 is 14.5 Å². The van der Waals surface area contributed by atoms with E-state index in [1.54, 1.807) is 0 Å². The fraction of sp³-hybridized carbons (Fsp3) is 0.500. The van der Waals surface area contributed by atoms with Crippen LogP contribution >= 0.6 is 11.8 Å². The van der Waals surface area contributed by atoms with Gasteiger partial charge in [-0.1, -0.05) is 30.8 Å². The summed E-state index contributed by atoms with van der Waals surface area (Å²) in [5.41, 5.74) is 3.54. The van der Waals surface area contributed by atoms with Crippen molar-refractivity contribution in [2.45, 2.75) is 51.2 Å². The van der Waals surface area contributed by atoms with Crippen molar-refractivity contribution in [3.05, 3.63) is 53.9 Å². The predicted molar refractivity (Wildman–Crippen MR) is 125 cm³/mol. The lowest BCUT2D eigenvalue weighted by atomic mass is 9.94. The second kappa shape index (κ2) is 8.50. The zero-order valence-electron chi connectivity index (χ0n) is 17.8. The number of amidine groups is 1. The van der Waals surface area contributed by atoms with E-state index >= 15 is 0 Å². The first-order valence-corrected chi connectivity index (χ1v) is 12.2. The number of anilines is 1. The first-order valence-electron chi connectivity index (χ1n) is 11.2. The maximum absolute atomic E-state index is 6.22. The van der Waals surface area contributed by atoms with Crippen LogP contribution in [0, 0.1) is 0 Å². The van der Waals surface area contributed by atoms with Gasteiger partial charge in [-0.25, -0.2) is 0 Å². The number of aromatic nitrogens is 1. The van der Waals surface area contributed by atoms with Crippen molar-refractivity contribution in [2.24, 2.45) is 4.99 Å². The van der Waals surface area contributed by atoms with Crippen molar-refractivity contribution in [3.8, 4) is 5.75 Å². The molecule has 0 spiro atoms. The zero-order valence-corrected chi connectivity index (χ0v) is 18.6. The molecule has 0 unspecified atom stereocenters. The molecule has 3 atom stereocenters. The van der Waals surface area contributed by atoms with Crippen LogP contribution in [0.4, 0.5) is 5.69 Å². The van der Waals surface area contributed by atoms with Gasteiger partial charge in [-0.3, -0.25) is 9.98 Å². The Balaban J connectivity index is 1.58. The third-order valence-corrected chi connectivity index (χ3v) is 7.54. The summed E-state index contributed by atoms with van der Waals surface area (Å²) in [6, 6.07) is 13.6. The van der Waals surface area contributed by atoms with Crippen LogP contribution in [-0.2, 0) is 0 Å². The molecular weight excluding hydrogens is 392 g/mol. The fourth-order valence-corrected chi connectivity index (χ4v) is 6.24. The summed E-state index contributed by atoms with van der Waals surface area (Å²) < 4.78 is 6.22. The van der Waals surface area contributed by atoms with Gasteiger partial charge in [-0.2, -0.15) is 0 Å². The molecule has 158 valence electrons. The smallest absolute Gasteiger partial charge is 0.160 e. The highest BCUT2D eigenvalue weighted by molar-refractivity contribution is 8.14. The number of nitrogens with zero attached hydrogens (tertiary/aromatic N) is 4. The minimum atomic E-state index is -0.0000993. The van der Waals surface area contributed by atoms with Gasteiger partial charge in [0.05, 0.1) is 18.3 Å². The Bertz CT molecular complexity index is 913. The van der Waals surface area contributed by atoms with E-state index in [0.717, 1.165) is 41.9 Å². The van der Waals surface area contributed by atoms with Crippen molar-refractivity contribution in [3.63, 3.8) is 0 Å². The summed E-state index contributed by atoms with van der Waals surface area (Å²) in [6.45, 7) is 7.29. The lowest BCUT2D eigenvalue weighted by Gasteiger charge is -2.33. The number of pyridine rings is 1. The summed E-state index contributed by atoms with van der Waals surface area (Å²) in [7, 11) is 0. The van der Waals surface area contributed by atoms with Gasteiger partial charge in [-0.05, 0) is 44.4 Å². The number of benzene rings is 1. The molecule has 4 heterocycles. The average Bonchev–Trinajstić information content (AvgIpc) is 3.52. The average molecular weight is 423 g/mol. The summed E-state index contributed by atoms with van der Waals surface area (Å²) in [6.07, 6.45) is 5.54. The third-order valence-electron chi connectivity index (χ3n) is 6.42. The van der Waals surface area contributed by atoms with Crippen LogP contribution in [0.1, 0.15) is 56.5 Å². The molecule has 3 aliphatic rings. The van der Waals surface area contributed by atoms with Crippen LogP contribution in [-0.4, -0.2) is 46.5 Å². The third kappa shape index (κ3) is 3.45. The molecule has 0 aliphatic carbocycles. The van der Waals surface area contributed by atoms with E-state index in [4.69, 9.17) is 9.73 Å². The predicted octanol–water partition coefficient (Wildman–Crippen LogP) is 5.06. The van der Waals surface area contributed by atoms with Crippen molar-refractivity contribution >= 4 is 22.6 Å². The number of thioether (sulfide) groups is 1. The molecule has 3 aliphatic heterocycles.